The molecule has 7 N–H and O–H groups in total. The minimum Gasteiger partial charge on any atom is -0.510 e. The van der Waals surface area contributed by atoms with Crippen LogP contribution in [0.25, 0.3) is 11.1 Å². The molecule has 0 bridgehead atoms. The first-order chi connectivity index (χ1) is 20.2. The van der Waals surface area contributed by atoms with Crippen LogP contribution < -0.4 is 15.8 Å². The van der Waals surface area contributed by atoms with Crippen LogP contribution in [0.4, 0.5) is 0 Å². The number of methoxy groups -OCH3 is 1. The molecular formula is C32H37N3O8. The number of allylic oxidation sites excluding steroid dienone is 1. The molecular weight excluding hydrogens is 554 g/mol. The van der Waals surface area contributed by atoms with Crippen molar-refractivity contribution in [3.8, 4) is 22.6 Å². The largest absolute Gasteiger partial charge is 0.510 e. The molecule has 11 heteroatoms. The second-order valence-electron chi connectivity index (χ2n) is 12.0. The van der Waals surface area contributed by atoms with Crippen molar-refractivity contribution < 1.29 is 39.5 Å². The number of nitrogens with zero attached hydrogens (tertiary/aromatic N) is 1. The number of aliphatic hydroxyl groups is 3. The SMILES string of the molecule is COc1ccc(CNC(C)C)cc1-c1ccc(O)c2c1C[C@H]1C[C@H]3[C@H](N(C)C)C(O)=C(C(N)=O)C(=O)[C@@]3(O)C(O)=C1C2=O. The van der Waals surface area contributed by atoms with Gasteiger partial charge in [-0.2, -0.15) is 0 Å². The highest BCUT2D eigenvalue weighted by atomic mass is 16.5. The maximum Gasteiger partial charge on any atom is 0.255 e. The number of phenols is 1. The van der Waals surface area contributed by atoms with Gasteiger partial charge in [0.25, 0.3) is 5.91 Å². The monoisotopic (exact) mass is 591 g/mol. The predicted molar refractivity (Wildman–Crippen MR) is 158 cm³/mol. The number of primary amides is 1. The molecule has 2 aromatic rings. The van der Waals surface area contributed by atoms with Crippen LogP contribution in [0.3, 0.4) is 0 Å². The van der Waals surface area contributed by atoms with E-state index in [1.165, 1.54) is 11.0 Å². The van der Waals surface area contributed by atoms with Crippen LogP contribution in [-0.2, 0) is 22.6 Å². The highest BCUT2D eigenvalue weighted by Gasteiger charge is 2.63. The van der Waals surface area contributed by atoms with Gasteiger partial charge in [0.15, 0.2) is 11.4 Å². The number of rotatable bonds is 7. The summed E-state index contributed by atoms with van der Waals surface area (Å²) >= 11 is 0. The fourth-order valence-corrected chi connectivity index (χ4v) is 6.90. The Bertz CT molecular complexity index is 1610. The number of nitrogens with one attached hydrogen (secondary N) is 1. The molecule has 11 nitrogen and oxygen atoms in total. The standard InChI is InChI=1S/C32H37N3O8/c1-14(2)34-13-15-6-9-22(43-5)18(10-15)17-7-8-21(36)24-19(17)11-16-12-20-26(35(3)4)28(38)25(31(33)41)30(40)32(20,42)29(39)23(16)27(24)37/h6-10,14,16,20,26,34,36,38-39,42H,11-13H2,1-5H3,(H2,33,41)/t16-,20-,26-,32-/m0/s1. The summed E-state index contributed by atoms with van der Waals surface area (Å²) in [7, 11) is 4.74. The number of fused-ring (bicyclic) bond motifs is 3. The second kappa shape index (κ2) is 10.8. The summed E-state index contributed by atoms with van der Waals surface area (Å²) in [5, 5.41) is 48.6. The number of carbonyl (C=O) groups is 3. The molecule has 1 amide bonds. The third-order valence-electron chi connectivity index (χ3n) is 8.87. The van der Waals surface area contributed by atoms with Crippen molar-refractivity contribution >= 4 is 17.5 Å². The minimum absolute atomic E-state index is 0.0103. The second-order valence-corrected chi connectivity index (χ2v) is 12.0. The smallest absolute Gasteiger partial charge is 0.255 e. The Labute approximate surface area is 249 Å². The average Bonchev–Trinajstić information content (AvgIpc) is 2.93. The van der Waals surface area contributed by atoms with Gasteiger partial charge in [-0.05, 0) is 67.7 Å². The fraction of sp³-hybridized carbons (Fsp3) is 0.406. The van der Waals surface area contributed by atoms with Crippen LogP contribution in [-0.4, -0.2) is 81.7 Å². The molecule has 0 unspecified atom stereocenters. The summed E-state index contributed by atoms with van der Waals surface area (Å²) in [4.78, 5) is 41.3. The Morgan fingerprint density at radius 2 is 1.84 bits per heavy atom. The lowest BCUT2D eigenvalue weighted by Gasteiger charge is -2.50. The van der Waals surface area contributed by atoms with E-state index in [0.717, 1.165) is 5.56 Å². The minimum atomic E-state index is -2.68. The molecule has 3 aliphatic rings. The number of phenolic OH excluding ortho intramolecular Hbond substituents is 1. The quantitative estimate of drug-likeness (QED) is 0.261. The number of likely N-dealkylation sites (N-methyl/N-ethyl adjacent to an activating group) is 1. The third-order valence-corrected chi connectivity index (χ3v) is 8.87. The molecule has 0 saturated heterocycles. The molecule has 0 aromatic heterocycles. The Kier molecular flexibility index (Phi) is 7.62. The molecule has 43 heavy (non-hydrogen) atoms. The zero-order valence-electron chi connectivity index (χ0n) is 24.8. The number of aromatic hydroxyl groups is 1. The molecule has 228 valence electrons. The van der Waals surface area contributed by atoms with Gasteiger partial charge in [0.1, 0.15) is 28.6 Å². The number of hydrogen-bond acceptors (Lipinski definition) is 10. The van der Waals surface area contributed by atoms with Crippen molar-refractivity contribution in [2.24, 2.45) is 17.6 Å². The van der Waals surface area contributed by atoms with Crippen molar-refractivity contribution in [3.63, 3.8) is 0 Å². The fourth-order valence-electron chi connectivity index (χ4n) is 6.90. The molecule has 0 fully saturated rings. The van der Waals surface area contributed by atoms with Gasteiger partial charge in [-0.3, -0.25) is 19.3 Å². The first kappa shape index (κ1) is 30.3. The first-order valence-electron chi connectivity index (χ1n) is 14.1. The van der Waals surface area contributed by atoms with Gasteiger partial charge >= 0.3 is 0 Å². The Morgan fingerprint density at radius 3 is 2.44 bits per heavy atom. The number of ether oxygens (including phenoxy) is 1. The molecule has 0 spiro atoms. The summed E-state index contributed by atoms with van der Waals surface area (Å²) in [6, 6.07) is 8.06. The van der Waals surface area contributed by atoms with Crippen molar-refractivity contribution in [2.45, 2.75) is 50.9 Å². The van der Waals surface area contributed by atoms with Crippen LogP contribution in [0.2, 0.25) is 0 Å². The summed E-state index contributed by atoms with van der Waals surface area (Å²) in [5.74, 6) is -6.29. The maximum absolute atomic E-state index is 14.1. The van der Waals surface area contributed by atoms with E-state index < -0.39 is 58.0 Å². The van der Waals surface area contributed by atoms with Gasteiger partial charge in [-0.1, -0.05) is 26.0 Å². The van der Waals surface area contributed by atoms with E-state index in [1.54, 1.807) is 27.3 Å². The number of aliphatic hydroxyl groups excluding tert-OH is 2. The third kappa shape index (κ3) is 4.59. The lowest BCUT2D eigenvalue weighted by molar-refractivity contribution is -0.148. The summed E-state index contributed by atoms with van der Waals surface area (Å²) in [6.07, 6.45) is 0.187. The number of benzene rings is 2. The van der Waals surface area contributed by atoms with E-state index in [1.807, 2.05) is 32.0 Å². The predicted octanol–water partition coefficient (Wildman–Crippen LogP) is 2.29. The van der Waals surface area contributed by atoms with Gasteiger partial charge in [0.05, 0.1) is 18.7 Å². The number of hydrogen-bond donors (Lipinski definition) is 6. The number of carbonyl (C=O) groups excluding carboxylic acids is 3. The van der Waals surface area contributed by atoms with Crippen LogP contribution in [0.5, 0.6) is 11.5 Å². The lowest BCUT2D eigenvalue weighted by Crippen LogP contribution is -2.63. The molecule has 0 saturated carbocycles. The Hall–Kier alpha value is -4.19. The molecule has 0 aliphatic heterocycles. The highest BCUT2D eigenvalue weighted by molar-refractivity contribution is 6.25. The number of amides is 1. The van der Waals surface area contributed by atoms with E-state index >= 15 is 0 Å². The van der Waals surface area contributed by atoms with Crippen molar-refractivity contribution in [3.05, 3.63) is 69.7 Å². The van der Waals surface area contributed by atoms with Gasteiger partial charge in [-0.15, -0.1) is 0 Å². The van der Waals surface area contributed by atoms with E-state index in [2.05, 4.69) is 5.32 Å². The lowest BCUT2D eigenvalue weighted by atomic mass is 9.58. The number of nitrogens with two attached hydrogens (primary N) is 1. The number of Topliss-reactive ketones (excluding diaryl/α,β-unsaturated/α-hetero) is 2. The van der Waals surface area contributed by atoms with Gasteiger partial charge in [0, 0.05) is 29.6 Å². The maximum atomic E-state index is 14.1. The molecule has 2 aromatic carbocycles. The molecule has 0 heterocycles. The van der Waals surface area contributed by atoms with E-state index in [9.17, 15) is 34.8 Å². The summed E-state index contributed by atoms with van der Waals surface area (Å²) in [5.41, 5.74) is 4.52. The van der Waals surface area contributed by atoms with E-state index in [0.29, 0.717) is 29.0 Å². The average molecular weight is 592 g/mol. The molecule has 5 rings (SSSR count). The zero-order chi connectivity index (χ0) is 31.5. The van der Waals surface area contributed by atoms with E-state index in [-0.39, 0.29) is 35.8 Å². The molecule has 0 radical (unpaired) electrons. The Balaban J connectivity index is 1.69. The van der Waals surface area contributed by atoms with Gasteiger partial charge in [-0.25, -0.2) is 0 Å². The van der Waals surface area contributed by atoms with Crippen LogP contribution in [0.15, 0.2) is 53.0 Å². The van der Waals surface area contributed by atoms with Crippen LogP contribution in [0.1, 0.15) is 41.8 Å². The molecule has 4 atom stereocenters. The first-order valence-corrected chi connectivity index (χ1v) is 14.1. The highest BCUT2D eigenvalue weighted by Crippen LogP contribution is 2.53. The van der Waals surface area contributed by atoms with Crippen molar-refractivity contribution in [1.29, 1.82) is 0 Å². The summed E-state index contributed by atoms with van der Waals surface area (Å²) < 4.78 is 5.67. The van der Waals surface area contributed by atoms with Crippen molar-refractivity contribution in [2.75, 3.05) is 21.2 Å². The van der Waals surface area contributed by atoms with Gasteiger partial charge in [0.2, 0.25) is 5.78 Å². The zero-order valence-corrected chi connectivity index (χ0v) is 24.8. The van der Waals surface area contributed by atoms with E-state index in [4.69, 9.17) is 10.5 Å². The summed E-state index contributed by atoms with van der Waals surface area (Å²) in [6.45, 7) is 4.69. The topological polar surface area (TPSA) is 183 Å². The van der Waals surface area contributed by atoms with Crippen LogP contribution in [0, 0.1) is 11.8 Å². The van der Waals surface area contributed by atoms with Crippen molar-refractivity contribution in [1.82, 2.24) is 10.2 Å². The van der Waals surface area contributed by atoms with Crippen LogP contribution >= 0.6 is 0 Å². The molecule has 3 aliphatic carbocycles. The normalized spacial score (nSPS) is 25.2. The van der Waals surface area contributed by atoms with Gasteiger partial charge < -0.3 is 36.2 Å². The Morgan fingerprint density at radius 1 is 1.14 bits per heavy atom. The number of ketones is 2.